The second kappa shape index (κ2) is 6.55. The van der Waals surface area contributed by atoms with Crippen molar-refractivity contribution in [3.8, 4) is 11.5 Å². The van der Waals surface area contributed by atoms with Crippen molar-refractivity contribution in [2.75, 3.05) is 13.7 Å². The number of hydrogen-bond donors (Lipinski definition) is 2. The number of aromatic hydroxyl groups is 2. The van der Waals surface area contributed by atoms with E-state index in [1.807, 2.05) is 6.08 Å². The number of amides is 1. The van der Waals surface area contributed by atoms with Crippen LogP contribution in [0.2, 0.25) is 0 Å². The Bertz CT molecular complexity index is 726. The first-order valence-corrected chi connectivity index (χ1v) is 7.88. The van der Waals surface area contributed by atoms with Gasteiger partial charge in [-0.1, -0.05) is 5.57 Å². The van der Waals surface area contributed by atoms with Gasteiger partial charge in [0.1, 0.15) is 5.82 Å². The number of methoxy groups -OCH3 is 1. The van der Waals surface area contributed by atoms with Gasteiger partial charge in [0.25, 0.3) is 0 Å². The van der Waals surface area contributed by atoms with Gasteiger partial charge in [-0.15, -0.1) is 0 Å². The van der Waals surface area contributed by atoms with Crippen molar-refractivity contribution in [2.24, 2.45) is 0 Å². The van der Waals surface area contributed by atoms with Crippen molar-refractivity contribution in [3.05, 3.63) is 46.5 Å². The quantitative estimate of drug-likeness (QED) is 0.505. The molecule has 24 heavy (non-hydrogen) atoms. The minimum atomic E-state index is -0.590. The van der Waals surface area contributed by atoms with E-state index in [2.05, 4.69) is 0 Å². The number of phenols is 2. The smallest absolute Gasteiger partial charge is 0.210 e. The summed E-state index contributed by atoms with van der Waals surface area (Å²) in [5.41, 5.74) is 2.62. The van der Waals surface area contributed by atoms with E-state index in [1.54, 1.807) is 12.0 Å². The van der Waals surface area contributed by atoms with Gasteiger partial charge in [0.05, 0.1) is 18.9 Å². The second-order valence-electron chi connectivity index (χ2n) is 6.13. The molecule has 1 amide bonds. The summed E-state index contributed by atoms with van der Waals surface area (Å²) in [6.45, 7) is 0.579. The summed E-state index contributed by atoms with van der Waals surface area (Å²) >= 11 is 0. The first-order valence-electron chi connectivity index (χ1n) is 7.88. The number of hydrogen-bond acceptors (Lipinski definition) is 4. The Balaban J connectivity index is 1.92. The molecule has 2 N–H and O–H groups in total. The summed E-state index contributed by atoms with van der Waals surface area (Å²) in [6.07, 6.45) is 5.21. The second-order valence-corrected chi connectivity index (χ2v) is 6.13. The van der Waals surface area contributed by atoms with Crippen LogP contribution in [0.3, 0.4) is 0 Å². The molecule has 3 rings (SSSR count). The molecule has 1 atom stereocenters. The van der Waals surface area contributed by atoms with Crippen LogP contribution in [0.1, 0.15) is 24.8 Å². The molecule has 0 aromatic heterocycles. The van der Waals surface area contributed by atoms with Crippen LogP contribution < -0.4 is 0 Å². The largest absolute Gasteiger partial charge is 0.504 e. The van der Waals surface area contributed by atoms with Crippen molar-refractivity contribution >= 4 is 6.41 Å². The van der Waals surface area contributed by atoms with E-state index in [1.165, 1.54) is 11.6 Å². The van der Waals surface area contributed by atoms with Gasteiger partial charge in [-0.05, 0) is 42.5 Å². The average molecular weight is 333 g/mol. The first kappa shape index (κ1) is 16.4. The van der Waals surface area contributed by atoms with Crippen LogP contribution in [0.25, 0.3) is 0 Å². The lowest BCUT2D eigenvalue weighted by molar-refractivity contribution is -0.119. The zero-order valence-corrected chi connectivity index (χ0v) is 13.5. The summed E-state index contributed by atoms with van der Waals surface area (Å²) in [5, 5.41) is 19.0. The van der Waals surface area contributed by atoms with E-state index in [9.17, 15) is 19.4 Å². The molecule has 5 nitrogen and oxygen atoms in total. The van der Waals surface area contributed by atoms with Gasteiger partial charge in [0.15, 0.2) is 11.5 Å². The number of phenolic OH excluding ortho intramolecular Hbond substituents is 2. The summed E-state index contributed by atoms with van der Waals surface area (Å²) in [6, 6.07) is 1.87. The van der Waals surface area contributed by atoms with E-state index in [-0.39, 0.29) is 23.8 Å². The fraction of sp³-hybridized carbons (Fsp3) is 0.389. The highest BCUT2D eigenvalue weighted by molar-refractivity contribution is 5.52. The molecule has 6 heteroatoms. The van der Waals surface area contributed by atoms with Gasteiger partial charge in [0, 0.05) is 19.0 Å². The Labute approximate surface area is 139 Å². The highest BCUT2D eigenvalue weighted by atomic mass is 19.1. The molecule has 0 spiro atoms. The molecule has 0 radical (unpaired) electrons. The standard InChI is InChI=1S/C18H20FNO4/c1-24-13-2-3-14-11(6-13)4-5-20(10-21)16(14)7-12-8-17(22)18(23)9-15(12)19/h2,8-10,16,22-23H,3-7H2,1H3/t16-/m1/s1. The lowest BCUT2D eigenvalue weighted by atomic mass is 9.82. The monoisotopic (exact) mass is 333 g/mol. The van der Waals surface area contributed by atoms with Gasteiger partial charge in [0.2, 0.25) is 6.41 Å². The van der Waals surface area contributed by atoms with Crippen LogP contribution in [0, 0.1) is 5.82 Å². The zero-order chi connectivity index (χ0) is 17.3. The van der Waals surface area contributed by atoms with Crippen molar-refractivity contribution in [2.45, 2.75) is 31.7 Å². The number of ether oxygens (including phenoxy) is 1. The third-order valence-electron chi connectivity index (χ3n) is 4.82. The van der Waals surface area contributed by atoms with Crippen LogP contribution in [0.4, 0.5) is 4.39 Å². The fourth-order valence-corrected chi connectivity index (χ4v) is 3.49. The number of halogens is 1. The maximum absolute atomic E-state index is 14.1. The SMILES string of the molecule is COC1=CCC2=C(CCN(C=O)[C@@H]2Cc2cc(O)c(O)cc2F)C1. The van der Waals surface area contributed by atoms with Crippen molar-refractivity contribution < 1.29 is 24.1 Å². The van der Waals surface area contributed by atoms with E-state index in [0.29, 0.717) is 13.0 Å². The Morgan fingerprint density at radius 1 is 1.38 bits per heavy atom. The van der Waals surface area contributed by atoms with Crippen LogP contribution in [-0.2, 0) is 16.0 Å². The van der Waals surface area contributed by atoms with Crippen LogP contribution in [0.15, 0.2) is 35.1 Å². The predicted octanol–water partition coefficient (Wildman–Crippen LogP) is 2.63. The molecule has 0 saturated carbocycles. The summed E-state index contributed by atoms with van der Waals surface area (Å²) in [4.78, 5) is 13.1. The van der Waals surface area contributed by atoms with Crippen molar-refractivity contribution in [1.29, 1.82) is 0 Å². The average Bonchev–Trinajstić information content (AvgIpc) is 2.59. The van der Waals surface area contributed by atoms with Crippen LogP contribution in [-0.4, -0.2) is 41.2 Å². The molecule has 1 aromatic rings. The first-order chi connectivity index (χ1) is 11.5. The van der Waals surface area contributed by atoms with E-state index < -0.39 is 11.6 Å². The predicted molar refractivity (Wildman–Crippen MR) is 86.0 cm³/mol. The van der Waals surface area contributed by atoms with E-state index in [4.69, 9.17) is 4.74 Å². The van der Waals surface area contributed by atoms with Gasteiger partial charge in [-0.2, -0.15) is 0 Å². The van der Waals surface area contributed by atoms with Gasteiger partial charge in [-0.25, -0.2) is 4.39 Å². The molecule has 0 saturated heterocycles. The minimum Gasteiger partial charge on any atom is -0.504 e. The molecule has 128 valence electrons. The number of nitrogens with zero attached hydrogens (tertiary/aromatic N) is 1. The van der Waals surface area contributed by atoms with Crippen molar-refractivity contribution in [3.63, 3.8) is 0 Å². The molecule has 1 aliphatic heterocycles. The molecule has 1 aromatic carbocycles. The molecular weight excluding hydrogens is 313 g/mol. The Morgan fingerprint density at radius 2 is 2.12 bits per heavy atom. The van der Waals surface area contributed by atoms with Crippen LogP contribution >= 0.6 is 0 Å². The number of carbonyl (C=O) groups is 1. The topological polar surface area (TPSA) is 70.0 Å². The van der Waals surface area contributed by atoms with E-state index in [0.717, 1.165) is 36.7 Å². The zero-order valence-electron chi connectivity index (χ0n) is 13.5. The molecule has 1 aliphatic carbocycles. The van der Waals surface area contributed by atoms with E-state index >= 15 is 0 Å². The maximum Gasteiger partial charge on any atom is 0.210 e. The molecule has 2 aliphatic rings. The van der Waals surface area contributed by atoms with Crippen molar-refractivity contribution in [1.82, 2.24) is 4.90 Å². The number of rotatable bonds is 4. The highest BCUT2D eigenvalue weighted by Gasteiger charge is 2.31. The lowest BCUT2D eigenvalue weighted by Crippen LogP contribution is -2.42. The normalized spacial score (nSPS) is 20.5. The lowest BCUT2D eigenvalue weighted by Gasteiger charge is -2.38. The molecule has 1 heterocycles. The maximum atomic E-state index is 14.1. The van der Waals surface area contributed by atoms with Gasteiger partial charge >= 0.3 is 0 Å². The Hall–Kier alpha value is -2.50. The number of benzene rings is 1. The summed E-state index contributed by atoms with van der Waals surface area (Å²) < 4.78 is 19.4. The molecule has 0 bridgehead atoms. The summed E-state index contributed by atoms with van der Waals surface area (Å²) in [5.74, 6) is -0.523. The Kier molecular flexibility index (Phi) is 4.46. The third kappa shape index (κ3) is 2.96. The van der Waals surface area contributed by atoms with Gasteiger partial charge < -0.3 is 19.8 Å². The van der Waals surface area contributed by atoms with Gasteiger partial charge in [-0.3, -0.25) is 4.79 Å². The molecule has 0 fully saturated rings. The molecular formula is C18H20FNO4. The van der Waals surface area contributed by atoms with Crippen LogP contribution in [0.5, 0.6) is 11.5 Å². The fourth-order valence-electron chi connectivity index (χ4n) is 3.49. The number of carbonyl (C=O) groups excluding carboxylic acids is 1. The Morgan fingerprint density at radius 3 is 2.83 bits per heavy atom. The molecule has 0 unspecified atom stereocenters. The summed E-state index contributed by atoms with van der Waals surface area (Å²) in [7, 11) is 1.64. The highest BCUT2D eigenvalue weighted by Crippen LogP contribution is 2.37. The number of allylic oxidation sites excluding steroid dienone is 2. The third-order valence-corrected chi connectivity index (χ3v) is 4.82. The minimum absolute atomic E-state index is 0.251.